The fourth-order valence-electron chi connectivity index (χ4n) is 1.79. The summed E-state index contributed by atoms with van der Waals surface area (Å²) in [6, 6.07) is 7.14. The molecule has 2 heterocycles. The Balaban J connectivity index is 2.23. The lowest BCUT2D eigenvalue weighted by Crippen LogP contribution is -1.86. The lowest BCUT2D eigenvalue weighted by molar-refractivity contribution is 0.619. The smallest absolute Gasteiger partial charge is 0.229 e. The Labute approximate surface area is 108 Å². The van der Waals surface area contributed by atoms with Crippen LogP contribution in [-0.4, -0.2) is 9.97 Å². The highest BCUT2D eigenvalue weighted by molar-refractivity contribution is 6.33. The van der Waals surface area contributed by atoms with Crippen molar-refractivity contribution in [2.45, 2.75) is 6.92 Å². The van der Waals surface area contributed by atoms with Gasteiger partial charge in [0.1, 0.15) is 5.52 Å². The van der Waals surface area contributed by atoms with E-state index >= 15 is 0 Å². The molecule has 90 valence electrons. The van der Waals surface area contributed by atoms with E-state index in [2.05, 4.69) is 9.97 Å². The molecule has 4 nitrogen and oxygen atoms in total. The number of aromatic nitrogens is 2. The molecule has 0 bridgehead atoms. The van der Waals surface area contributed by atoms with Crippen molar-refractivity contribution in [3.8, 4) is 11.5 Å². The quantitative estimate of drug-likeness (QED) is 0.680. The van der Waals surface area contributed by atoms with Crippen LogP contribution >= 0.6 is 11.6 Å². The number of rotatable bonds is 1. The monoisotopic (exact) mass is 259 g/mol. The van der Waals surface area contributed by atoms with E-state index in [-0.39, 0.29) is 0 Å². The number of fused-ring (bicyclic) bond motifs is 1. The maximum Gasteiger partial charge on any atom is 0.229 e. The van der Waals surface area contributed by atoms with Crippen molar-refractivity contribution in [1.82, 2.24) is 9.97 Å². The maximum atomic E-state index is 5.96. The largest absolute Gasteiger partial charge is 0.436 e. The number of anilines is 1. The second-order valence-corrected chi connectivity index (χ2v) is 4.40. The van der Waals surface area contributed by atoms with Gasteiger partial charge in [0.15, 0.2) is 5.58 Å². The van der Waals surface area contributed by atoms with E-state index in [1.165, 1.54) is 0 Å². The van der Waals surface area contributed by atoms with E-state index in [4.69, 9.17) is 21.8 Å². The molecule has 0 saturated carbocycles. The van der Waals surface area contributed by atoms with E-state index in [9.17, 15) is 0 Å². The number of halogens is 1. The Morgan fingerprint density at radius 2 is 2.17 bits per heavy atom. The van der Waals surface area contributed by atoms with E-state index in [0.717, 1.165) is 11.3 Å². The van der Waals surface area contributed by atoms with Crippen LogP contribution in [0.5, 0.6) is 0 Å². The first-order chi connectivity index (χ1) is 8.65. The van der Waals surface area contributed by atoms with E-state index in [0.29, 0.717) is 27.7 Å². The van der Waals surface area contributed by atoms with Crippen LogP contribution in [0, 0.1) is 6.92 Å². The van der Waals surface area contributed by atoms with Gasteiger partial charge in [0, 0.05) is 18.0 Å². The van der Waals surface area contributed by atoms with Crippen LogP contribution in [0.25, 0.3) is 22.6 Å². The van der Waals surface area contributed by atoms with Crippen LogP contribution in [-0.2, 0) is 0 Å². The summed E-state index contributed by atoms with van der Waals surface area (Å²) in [4.78, 5) is 8.61. The normalized spacial score (nSPS) is 11.0. The zero-order valence-electron chi connectivity index (χ0n) is 9.64. The number of hydrogen-bond donors (Lipinski definition) is 1. The Kier molecular flexibility index (Phi) is 2.45. The van der Waals surface area contributed by atoms with Crippen LogP contribution < -0.4 is 5.73 Å². The summed E-state index contributed by atoms with van der Waals surface area (Å²) in [5.41, 5.74) is 9.25. The van der Waals surface area contributed by atoms with Crippen molar-refractivity contribution in [2.75, 3.05) is 5.73 Å². The topological polar surface area (TPSA) is 64.9 Å². The van der Waals surface area contributed by atoms with Crippen molar-refractivity contribution >= 4 is 28.4 Å². The molecule has 3 aromatic rings. The summed E-state index contributed by atoms with van der Waals surface area (Å²) in [5, 5.41) is 0.477. The molecule has 0 aliphatic rings. The molecule has 2 N–H and O–H groups in total. The average molecular weight is 260 g/mol. The lowest BCUT2D eigenvalue weighted by Gasteiger charge is -1.97. The predicted molar refractivity (Wildman–Crippen MR) is 71.4 cm³/mol. The third kappa shape index (κ3) is 1.71. The molecule has 0 amide bonds. The minimum Gasteiger partial charge on any atom is -0.436 e. The number of hydrogen-bond acceptors (Lipinski definition) is 4. The van der Waals surface area contributed by atoms with Crippen molar-refractivity contribution in [3.63, 3.8) is 0 Å². The van der Waals surface area contributed by atoms with Crippen LogP contribution in [0.1, 0.15) is 5.69 Å². The van der Waals surface area contributed by atoms with E-state index in [1.54, 1.807) is 18.3 Å². The highest BCUT2D eigenvalue weighted by Crippen LogP contribution is 2.30. The van der Waals surface area contributed by atoms with Gasteiger partial charge in [0.2, 0.25) is 5.89 Å². The van der Waals surface area contributed by atoms with Crippen LogP contribution in [0.3, 0.4) is 0 Å². The zero-order chi connectivity index (χ0) is 12.7. The highest BCUT2D eigenvalue weighted by Gasteiger charge is 2.12. The number of nitrogens with two attached hydrogens (primary N) is 1. The number of oxazole rings is 1. The molecule has 1 aromatic carbocycles. The Morgan fingerprint density at radius 3 is 2.94 bits per heavy atom. The molecule has 0 aliphatic carbocycles. The van der Waals surface area contributed by atoms with Crippen molar-refractivity contribution < 1.29 is 4.42 Å². The first kappa shape index (κ1) is 11.0. The van der Waals surface area contributed by atoms with Crippen LogP contribution in [0.4, 0.5) is 5.69 Å². The molecular weight excluding hydrogens is 250 g/mol. The van der Waals surface area contributed by atoms with Gasteiger partial charge in [-0.25, -0.2) is 4.98 Å². The SMILES string of the molecule is Cc1ncccc1-c1nc2cc(Cl)c(N)cc2o1. The Hall–Kier alpha value is -2.07. The van der Waals surface area contributed by atoms with Crippen molar-refractivity contribution in [1.29, 1.82) is 0 Å². The summed E-state index contributed by atoms with van der Waals surface area (Å²) in [5.74, 6) is 0.525. The summed E-state index contributed by atoms with van der Waals surface area (Å²) < 4.78 is 5.68. The second kappa shape index (κ2) is 3.99. The van der Waals surface area contributed by atoms with Gasteiger partial charge in [-0.1, -0.05) is 11.6 Å². The molecule has 0 aliphatic heterocycles. The van der Waals surface area contributed by atoms with Gasteiger partial charge in [-0.2, -0.15) is 0 Å². The van der Waals surface area contributed by atoms with Crippen molar-refractivity contribution in [3.05, 3.63) is 41.2 Å². The number of pyridine rings is 1. The zero-order valence-corrected chi connectivity index (χ0v) is 10.4. The minimum atomic E-state index is 0.477. The summed E-state index contributed by atoms with van der Waals surface area (Å²) in [6.07, 6.45) is 1.73. The van der Waals surface area contributed by atoms with E-state index < -0.39 is 0 Å². The van der Waals surface area contributed by atoms with Gasteiger partial charge in [0.05, 0.1) is 16.3 Å². The van der Waals surface area contributed by atoms with Gasteiger partial charge in [-0.05, 0) is 25.1 Å². The van der Waals surface area contributed by atoms with Gasteiger partial charge in [-0.3, -0.25) is 4.98 Å². The molecule has 0 atom stereocenters. The molecular formula is C13H10ClN3O. The number of aryl methyl sites for hydroxylation is 1. The summed E-state index contributed by atoms with van der Waals surface area (Å²) >= 11 is 5.96. The molecule has 0 saturated heterocycles. The molecule has 18 heavy (non-hydrogen) atoms. The highest BCUT2D eigenvalue weighted by atomic mass is 35.5. The van der Waals surface area contributed by atoms with Gasteiger partial charge in [-0.15, -0.1) is 0 Å². The van der Waals surface area contributed by atoms with Gasteiger partial charge in [0.25, 0.3) is 0 Å². The predicted octanol–water partition coefficient (Wildman–Crippen LogP) is 3.43. The number of benzene rings is 1. The number of nitrogens with zero attached hydrogens (tertiary/aromatic N) is 2. The molecule has 5 heteroatoms. The minimum absolute atomic E-state index is 0.477. The number of nitrogen functional groups attached to an aromatic ring is 1. The molecule has 0 radical (unpaired) electrons. The fourth-order valence-corrected chi connectivity index (χ4v) is 1.95. The van der Waals surface area contributed by atoms with E-state index in [1.807, 2.05) is 19.1 Å². The lowest BCUT2D eigenvalue weighted by atomic mass is 10.2. The van der Waals surface area contributed by atoms with Crippen LogP contribution in [0.2, 0.25) is 5.02 Å². The molecule has 3 rings (SSSR count). The Bertz CT molecular complexity index is 697. The Morgan fingerprint density at radius 1 is 1.33 bits per heavy atom. The molecule has 0 fully saturated rings. The van der Waals surface area contributed by atoms with Crippen molar-refractivity contribution in [2.24, 2.45) is 0 Å². The third-order valence-corrected chi connectivity index (χ3v) is 3.07. The van der Waals surface area contributed by atoms with Gasteiger partial charge < -0.3 is 10.2 Å². The first-order valence-corrected chi connectivity index (χ1v) is 5.80. The van der Waals surface area contributed by atoms with Gasteiger partial charge >= 0.3 is 0 Å². The van der Waals surface area contributed by atoms with Crippen LogP contribution in [0.15, 0.2) is 34.9 Å². The third-order valence-electron chi connectivity index (χ3n) is 2.74. The summed E-state index contributed by atoms with van der Waals surface area (Å²) in [7, 11) is 0. The fraction of sp³-hybridized carbons (Fsp3) is 0.0769. The molecule has 0 spiro atoms. The summed E-state index contributed by atoms with van der Waals surface area (Å²) in [6.45, 7) is 1.91. The molecule has 0 unspecified atom stereocenters. The average Bonchev–Trinajstić information content (AvgIpc) is 2.73. The second-order valence-electron chi connectivity index (χ2n) is 4.00. The maximum absolute atomic E-state index is 5.96. The standard InChI is InChI=1S/C13H10ClN3O/c1-7-8(3-2-4-16-7)13-17-11-5-9(14)10(15)6-12(11)18-13/h2-6H,15H2,1H3. The first-order valence-electron chi connectivity index (χ1n) is 5.42. The molecule has 2 aromatic heterocycles.